The van der Waals surface area contributed by atoms with Gasteiger partial charge in [0.2, 0.25) is 0 Å². The molecule has 0 saturated carbocycles. The highest BCUT2D eigenvalue weighted by atomic mass is 79.9. The summed E-state index contributed by atoms with van der Waals surface area (Å²) in [7, 11) is 0. The van der Waals surface area contributed by atoms with Crippen molar-refractivity contribution in [2.24, 2.45) is 0 Å². The second-order valence-corrected chi connectivity index (χ2v) is 6.05. The topological polar surface area (TPSA) is 66.8 Å². The molecule has 3 heterocycles. The Morgan fingerprint density at radius 2 is 2.24 bits per heavy atom. The van der Waals surface area contributed by atoms with E-state index in [4.69, 9.17) is 0 Å². The first-order valence-electron chi connectivity index (χ1n) is 6.63. The van der Waals surface area contributed by atoms with Gasteiger partial charge in [-0.15, -0.1) is 0 Å². The van der Waals surface area contributed by atoms with Gasteiger partial charge in [0, 0.05) is 24.8 Å². The molecule has 1 aromatic carbocycles. The van der Waals surface area contributed by atoms with Gasteiger partial charge < -0.3 is 9.88 Å². The second-order valence-electron chi connectivity index (χ2n) is 5.14. The van der Waals surface area contributed by atoms with Gasteiger partial charge in [0.15, 0.2) is 0 Å². The van der Waals surface area contributed by atoms with Crippen LogP contribution in [0.15, 0.2) is 41.4 Å². The molecule has 0 bridgehead atoms. The second kappa shape index (κ2) is 4.70. The van der Waals surface area contributed by atoms with Crippen LogP contribution in [-0.4, -0.2) is 43.6 Å². The highest BCUT2D eigenvalue weighted by Crippen LogP contribution is 2.24. The van der Waals surface area contributed by atoms with Crippen LogP contribution >= 0.6 is 15.9 Å². The minimum atomic E-state index is 0.0500. The Morgan fingerprint density at radius 1 is 1.38 bits per heavy atom. The standard InChI is InChI=1S/C14H12BrN5O/c15-10-4-18-20(5-10)11-6-19(7-11)14(21)9-1-2-12-13(3-9)17-8-16-12/h1-5,8,11H,6-7H2,(H,16,17). The fourth-order valence-corrected chi connectivity index (χ4v) is 2.86. The molecule has 3 aromatic rings. The van der Waals surface area contributed by atoms with Crippen LogP contribution in [0.2, 0.25) is 0 Å². The van der Waals surface area contributed by atoms with E-state index in [9.17, 15) is 4.79 Å². The Kier molecular flexibility index (Phi) is 2.81. The van der Waals surface area contributed by atoms with E-state index in [0.29, 0.717) is 18.7 Å². The van der Waals surface area contributed by atoms with Crippen molar-refractivity contribution in [2.75, 3.05) is 13.1 Å². The number of nitrogens with one attached hydrogen (secondary N) is 1. The molecule has 2 aromatic heterocycles. The Hall–Kier alpha value is -2.15. The lowest BCUT2D eigenvalue weighted by atomic mass is 10.1. The minimum Gasteiger partial charge on any atom is -0.345 e. The molecule has 106 valence electrons. The van der Waals surface area contributed by atoms with Crippen LogP contribution in [0.25, 0.3) is 11.0 Å². The third-order valence-corrected chi connectivity index (χ3v) is 4.17. The lowest BCUT2D eigenvalue weighted by Gasteiger charge is -2.39. The number of rotatable bonds is 2. The summed E-state index contributed by atoms with van der Waals surface area (Å²) < 4.78 is 2.85. The number of imidazole rings is 1. The van der Waals surface area contributed by atoms with Gasteiger partial charge in [0.25, 0.3) is 5.91 Å². The monoisotopic (exact) mass is 345 g/mol. The van der Waals surface area contributed by atoms with Gasteiger partial charge in [-0.2, -0.15) is 5.10 Å². The molecule has 1 saturated heterocycles. The first-order valence-corrected chi connectivity index (χ1v) is 7.42. The van der Waals surface area contributed by atoms with Gasteiger partial charge in [-0.25, -0.2) is 4.98 Å². The molecule has 1 fully saturated rings. The maximum absolute atomic E-state index is 12.4. The third kappa shape index (κ3) is 2.13. The van der Waals surface area contributed by atoms with E-state index >= 15 is 0 Å². The zero-order valence-electron chi connectivity index (χ0n) is 11.0. The van der Waals surface area contributed by atoms with Crippen LogP contribution in [0.1, 0.15) is 16.4 Å². The van der Waals surface area contributed by atoms with E-state index < -0.39 is 0 Å². The molecule has 21 heavy (non-hydrogen) atoms. The van der Waals surface area contributed by atoms with E-state index in [2.05, 4.69) is 31.0 Å². The number of amides is 1. The Labute approximate surface area is 128 Å². The Balaban J connectivity index is 1.49. The first-order chi connectivity index (χ1) is 10.2. The number of aromatic amines is 1. The highest BCUT2D eigenvalue weighted by molar-refractivity contribution is 9.10. The normalized spacial score (nSPS) is 15.4. The average molecular weight is 346 g/mol. The number of likely N-dealkylation sites (tertiary alicyclic amines) is 1. The summed E-state index contributed by atoms with van der Waals surface area (Å²) in [5, 5.41) is 4.26. The predicted molar refractivity (Wildman–Crippen MR) is 81.0 cm³/mol. The lowest BCUT2D eigenvalue weighted by molar-refractivity contribution is 0.0501. The molecule has 6 nitrogen and oxygen atoms in total. The number of fused-ring (bicyclic) bond motifs is 1. The van der Waals surface area contributed by atoms with Crippen LogP contribution in [0, 0.1) is 0 Å². The van der Waals surface area contributed by atoms with E-state index in [0.717, 1.165) is 15.5 Å². The number of hydrogen-bond acceptors (Lipinski definition) is 3. The molecular weight excluding hydrogens is 334 g/mol. The molecule has 1 aliphatic rings. The Morgan fingerprint density at radius 3 is 3.00 bits per heavy atom. The van der Waals surface area contributed by atoms with Crippen molar-refractivity contribution in [3.8, 4) is 0 Å². The number of halogens is 1. The average Bonchev–Trinajstić information content (AvgIpc) is 3.05. The molecule has 1 aliphatic heterocycles. The van der Waals surface area contributed by atoms with Crippen molar-refractivity contribution in [3.05, 3.63) is 47.0 Å². The summed E-state index contributed by atoms with van der Waals surface area (Å²) in [6, 6.07) is 5.79. The molecule has 1 amide bonds. The van der Waals surface area contributed by atoms with Crippen LogP contribution in [0.4, 0.5) is 0 Å². The lowest BCUT2D eigenvalue weighted by Crippen LogP contribution is -2.50. The molecule has 0 spiro atoms. The number of carbonyl (C=O) groups is 1. The van der Waals surface area contributed by atoms with Gasteiger partial charge in [-0.1, -0.05) is 0 Å². The van der Waals surface area contributed by atoms with E-state index in [1.807, 2.05) is 34.0 Å². The molecule has 0 unspecified atom stereocenters. The van der Waals surface area contributed by atoms with Crippen molar-refractivity contribution in [2.45, 2.75) is 6.04 Å². The zero-order chi connectivity index (χ0) is 14.4. The summed E-state index contributed by atoms with van der Waals surface area (Å²) in [6.45, 7) is 1.38. The summed E-state index contributed by atoms with van der Waals surface area (Å²) >= 11 is 3.38. The summed E-state index contributed by atoms with van der Waals surface area (Å²) in [5.41, 5.74) is 2.44. The fourth-order valence-electron chi connectivity index (χ4n) is 2.55. The summed E-state index contributed by atoms with van der Waals surface area (Å²) in [4.78, 5) is 21.4. The molecule has 7 heteroatoms. The van der Waals surface area contributed by atoms with E-state index in [1.54, 1.807) is 12.5 Å². The SMILES string of the molecule is O=C(c1ccc2nc[nH]c2c1)N1CC(n2cc(Br)cn2)C1. The number of hydrogen-bond donors (Lipinski definition) is 1. The van der Waals surface area contributed by atoms with Gasteiger partial charge in [-0.05, 0) is 34.1 Å². The Bertz CT molecular complexity index is 818. The molecule has 0 aliphatic carbocycles. The van der Waals surface area contributed by atoms with Gasteiger partial charge in [0.1, 0.15) is 0 Å². The van der Waals surface area contributed by atoms with Crippen molar-refractivity contribution in [1.29, 1.82) is 0 Å². The maximum atomic E-state index is 12.4. The molecule has 0 atom stereocenters. The molecule has 4 rings (SSSR count). The highest BCUT2D eigenvalue weighted by Gasteiger charge is 2.33. The molecule has 1 N–H and O–H groups in total. The summed E-state index contributed by atoms with van der Waals surface area (Å²) in [6.07, 6.45) is 5.33. The van der Waals surface area contributed by atoms with Crippen LogP contribution < -0.4 is 0 Å². The number of carbonyl (C=O) groups excluding carboxylic acids is 1. The van der Waals surface area contributed by atoms with Crippen LogP contribution in [0.5, 0.6) is 0 Å². The van der Waals surface area contributed by atoms with E-state index in [1.165, 1.54) is 0 Å². The molecular formula is C14H12BrN5O. The third-order valence-electron chi connectivity index (χ3n) is 3.76. The van der Waals surface area contributed by atoms with Crippen molar-refractivity contribution in [3.63, 3.8) is 0 Å². The van der Waals surface area contributed by atoms with E-state index in [-0.39, 0.29) is 11.9 Å². The number of aromatic nitrogens is 4. The van der Waals surface area contributed by atoms with Crippen molar-refractivity contribution < 1.29 is 4.79 Å². The number of nitrogens with zero attached hydrogens (tertiary/aromatic N) is 4. The molecule has 0 radical (unpaired) electrons. The predicted octanol–water partition coefficient (Wildman–Crippen LogP) is 2.22. The minimum absolute atomic E-state index is 0.0500. The van der Waals surface area contributed by atoms with Crippen molar-refractivity contribution in [1.82, 2.24) is 24.6 Å². The number of H-pyrrole nitrogens is 1. The maximum Gasteiger partial charge on any atom is 0.254 e. The fraction of sp³-hybridized carbons (Fsp3) is 0.214. The quantitative estimate of drug-likeness (QED) is 0.774. The van der Waals surface area contributed by atoms with Gasteiger partial charge in [0.05, 0.1) is 34.1 Å². The van der Waals surface area contributed by atoms with Gasteiger partial charge >= 0.3 is 0 Å². The number of benzene rings is 1. The smallest absolute Gasteiger partial charge is 0.254 e. The largest absolute Gasteiger partial charge is 0.345 e. The van der Waals surface area contributed by atoms with Crippen molar-refractivity contribution >= 4 is 32.9 Å². The van der Waals surface area contributed by atoms with Crippen LogP contribution in [-0.2, 0) is 0 Å². The zero-order valence-corrected chi connectivity index (χ0v) is 12.6. The van der Waals surface area contributed by atoms with Crippen LogP contribution in [0.3, 0.4) is 0 Å². The first kappa shape index (κ1) is 12.6. The summed E-state index contributed by atoms with van der Waals surface area (Å²) in [5.74, 6) is 0.0500. The van der Waals surface area contributed by atoms with Gasteiger partial charge in [-0.3, -0.25) is 9.48 Å².